The van der Waals surface area contributed by atoms with Crippen molar-refractivity contribution in [2.45, 2.75) is 32.0 Å². The molecule has 3 saturated heterocycles. The summed E-state index contributed by atoms with van der Waals surface area (Å²) in [5.74, 6) is 2.79. The van der Waals surface area contributed by atoms with Gasteiger partial charge in [-0.25, -0.2) is 4.98 Å². The van der Waals surface area contributed by atoms with Crippen LogP contribution in [0.5, 0.6) is 5.75 Å². The Morgan fingerprint density at radius 3 is 2.75 bits per heavy atom. The van der Waals surface area contributed by atoms with Gasteiger partial charge in [0.05, 0.1) is 13.7 Å². The molecular formula is C19H26N4O. The molecule has 0 spiro atoms. The van der Waals surface area contributed by atoms with Gasteiger partial charge in [-0.1, -0.05) is 12.1 Å². The lowest BCUT2D eigenvalue weighted by Gasteiger charge is -2.35. The van der Waals surface area contributed by atoms with Gasteiger partial charge < -0.3 is 9.72 Å². The summed E-state index contributed by atoms with van der Waals surface area (Å²) < 4.78 is 5.26. The van der Waals surface area contributed by atoms with Crippen molar-refractivity contribution in [3.05, 3.63) is 48.0 Å². The number of benzene rings is 1. The van der Waals surface area contributed by atoms with Crippen LogP contribution in [-0.4, -0.2) is 52.6 Å². The van der Waals surface area contributed by atoms with Gasteiger partial charge in [-0.15, -0.1) is 0 Å². The number of aromatic nitrogens is 2. The fraction of sp³-hybridized carbons (Fsp3) is 0.526. The van der Waals surface area contributed by atoms with E-state index in [4.69, 9.17) is 4.74 Å². The van der Waals surface area contributed by atoms with Gasteiger partial charge in [-0.2, -0.15) is 0 Å². The molecule has 1 N–H and O–H groups in total. The molecule has 0 amide bonds. The Morgan fingerprint density at radius 1 is 1.12 bits per heavy atom. The van der Waals surface area contributed by atoms with E-state index in [1.54, 1.807) is 7.11 Å². The molecule has 3 fully saturated rings. The number of ether oxygens (including phenoxy) is 1. The molecule has 5 nitrogen and oxygen atoms in total. The van der Waals surface area contributed by atoms with E-state index in [2.05, 4.69) is 44.0 Å². The van der Waals surface area contributed by atoms with Crippen molar-refractivity contribution < 1.29 is 4.74 Å². The quantitative estimate of drug-likeness (QED) is 0.917. The van der Waals surface area contributed by atoms with Crippen molar-refractivity contribution in [3.63, 3.8) is 0 Å². The van der Waals surface area contributed by atoms with Crippen LogP contribution in [-0.2, 0) is 13.1 Å². The Hall–Kier alpha value is -1.85. The Kier molecular flexibility index (Phi) is 4.54. The Labute approximate surface area is 143 Å². The highest BCUT2D eigenvalue weighted by Crippen LogP contribution is 2.29. The summed E-state index contributed by atoms with van der Waals surface area (Å²) in [4.78, 5) is 12.9. The van der Waals surface area contributed by atoms with Crippen molar-refractivity contribution in [1.82, 2.24) is 19.8 Å². The van der Waals surface area contributed by atoms with Gasteiger partial charge in [0.2, 0.25) is 0 Å². The topological polar surface area (TPSA) is 44.4 Å². The van der Waals surface area contributed by atoms with E-state index < -0.39 is 0 Å². The molecular weight excluding hydrogens is 300 g/mol. The van der Waals surface area contributed by atoms with Gasteiger partial charge >= 0.3 is 0 Å². The smallest absolute Gasteiger partial charge is 0.120 e. The van der Waals surface area contributed by atoms with Crippen LogP contribution in [0.4, 0.5) is 0 Å². The number of rotatable bonds is 5. The summed E-state index contributed by atoms with van der Waals surface area (Å²) in [6.07, 6.45) is 6.44. The zero-order chi connectivity index (χ0) is 16.4. The standard InChI is InChI=1S/C19H26N4O/c1-24-18-6-3-15(4-7-18)10-22-11-16-2-5-17(13-22)23(12-16)14-19-20-8-9-21-19/h3-4,6-9,16-17H,2,5,10-14H2,1H3,(H,20,21)/t16-,17+/m0/s1. The molecule has 1 aromatic carbocycles. The minimum absolute atomic E-state index is 0.645. The molecule has 0 aliphatic carbocycles. The zero-order valence-corrected chi connectivity index (χ0v) is 14.3. The van der Waals surface area contributed by atoms with Crippen LogP contribution in [0.3, 0.4) is 0 Å². The second kappa shape index (κ2) is 6.95. The molecule has 128 valence electrons. The first-order chi connectivity index (χ1) is 11.8. The lowest BCUT2D eigenvalue weighted by Crippen LogP contribution is -2.43. The van der Waals surface area contributed by atoms with Crippen LogP contribution in [0.15, 0.2) is 36.7 Å². The van der Waals surface area contributed by atoms with E-state index in [0.717, 1.165) is 37.1 Å². The van der Waals surface area contributed by atoms with Gasteiger partial charge in [-0.05, 0) is 36.5 Å². The maximum atomic E-state index is 5.26. The Balaban J connectivity index is 1.41. The van der Waals surface area contributed by atoms with Crippen LogP contribution < -0.4 is 4.74 Å². The first-order valence-electron chi connectivity index (χ1n) is 8.88. The third-order valence-electron chi connectivity index (χ3n) is 5.38. The van der Waals surface area contributed by atoms with Crippen molar-refractivity contribution >= 4 is 0 Å². The number of nitrogens with zero attached hydrogens (tertiary/aromatic N) is 3. The lowest BCUT2D eigenvalue weighted by atomic mass is 9.95. The third kappa shape index (κ3) is 3.47. The number of hydrogen-bond acceptors (Lipinski definition) is 4. The van der Waals surface area contributed by atoms with Crippen LogP contribution in [0.25, 0.3) is 0 Å². The number of aromatic amines is 1. The molecule has 0 radical (unpaired) electrons. The zero-order valence-electron chi connectivity index (χ0n) is 14.3. The first kappa shape index (κ1) is 15.7. The predicted octanol–water partition coefficient (Wildman–Crippen LogP) is 2.51. The number of nitrogens with one attached hydrogen (secondary N) is 1. The van der Waals surface area contributed by atoms with Crippen molar-refractivity contribution in [2.24, 2.45) is 5.92 Å². The second-order valence-electron chi connectivity index (χ2n) is 7.10. The number of fused-ring (bicyclic) bond motifs is 4. The van der Waals surface area contributed by atoms with Gasteiger partial charge in [-0.3, -0.25) is 9.80 Å². The summed E-state index contributed by atoms with van der Waals surface area (Å²) in [7, 11) is 1.72. The van der Waals surface area contributed by atoms with Crippen LogP contribution in [0.2, 0.25) is 0 Å². The predicted molar refractivity (Wildman–Crippen MR) is 93.8 cm³/mol. The highest BCUT2D eigenvalue weighted by atomic mass is 16.5. The van der Waals surface area contributed by atoms with E-state index in [-0.39, 0.29) is 0 Å². The first-order valence-corrected chi connectivity index (χ1v) is 8.88. The molecule has 2 aromatic rings. The SMILES string of the molecule is COc1ccc(CN2C[C@@H]3CC[C@H](C2)N(Cc2ncc[nH]2)C3)cc1. The summed E-state index contributed by atoms with van der Waals surface area (Å²) in [6.45, 7) is 5.54. The van der Waals surface area contributed by atoms with Gasteiger partial charge in [0.25, 0.3) is 0 Å². The largest absolute Gasteiger partial charge is 0.497 e. The Morgan fingerprint density at radius 2 is 2.00 bits per heavy atom. The van der Waals surface area contributed by atoms with Crippen molar-refractivity contribution in [3.8, 4) is 5.75 Å². The van der Waals surface area contributed by atoms with Crippen molar-refractivity contribution in [1.29, 1.82) is 0 Å². The molecule has 0 unspecified atom stereocenters. The molecule has 3 aliphatic heterocycles. The summed E-state index contributed by atoms with van der Waals surface area (Å²) >= 11 is 0. The molecule has 3 aliphatic rings. The number of piperidine rings is 1. The lowest BCUT2D eigenvalue weighted by molar-refractivity contribution is 0.120. The fourth-order valence-electron chi connectivity index (χ4n) is 4.16. The number of imidazole rings is 1. The maximum Gasteiger partial charge on any atom is 0.120 e. The maximum absolute atomic E-state index is 5.26. The van der Waals surface area contributed by atoms with E-state index in [9.17, 15) is 0 Å². The third-order valence-corrected chi connectivity index (χ3v) is 5.38. The summed E-state index contributed by atoms with van der Waals surface area (Å²) in [5, 5.41) is 0. The summed E-state index contributed by atoms with van der Waals surface area (Å²) in [6, 6.07) is 9.14. The molecule has 2 atom stereocenters. The number of H-pyrrole nitrogens is 1. The number of hydrogen-bond donors (Lipinski definition) is 1. The van der Waals surface area contributed by atoms with Crippen LogP contribution in [0.1, 0.15) is 24.2 Å². The van der Waals surface area contributed by atoms with Gasteiger partial charge in [0, 0.05) is 44.6 Å². The van der Waals surface area contributed by atoms with Crippen molar-refractivity contribution in [2.75, 3.05) is 26.7 Å². The van der Waals surface area contributed by atoms with E-state index in [1.807, 2.05) is 12.4 Å². The molecule has 5 rings (SSSR count). The molecule has 24 heavy (non-hydrogen) atoms. The molecule has 4 heterocycles. The Bertz CT molecular complexity index is 640. The number of methoxy groups -OCH3 is 1. The minimum Gasteiger partial charge on any atom is -0.497 e. The highest BCUT2D eigenvalue weighted by Gasteiger charge is 2.34. The molecule has 2 bridgehead atoms. The van der Waals surface area contributed by atoms with Gasteiger partial charge in [0.1, 0.15) is 11.6 Å². The molecule has 5 heteroatoms. The van der Waals surface area contributed by atoms with Crippen LogP contribution >= 0.6 is 0 Å². The van der Waals surface area contributed by atoms with E-state index >= 15 is 0 Å². The normalized spacial score (nSPS) is 24.9. The fourth-order valence-corrected chi connectivity index (χ4v) is 4.16. The van der Waals surface area contributed by atoms with Crippen LogP contribution in [0, 0.1) is 5.92 Å². The summed E-state index contributed by atoms with van der Waals surface area (Å²) in [5.41, 5.74) is 1.37. The highest BCUT2D eigenvalue weighted by molar-refractivity contribution is 5.27. The minimum atomic E-state index is 0.645. The molecule has 0 saturated carbocycles. The molecule has 1 aromatic heterocycles. The average molecular weight is 326 g/mol. The van der Waals surface area contributed by atoms with E-state index in [1.165, 1.54) is 31.5 Å². The monoisotopic (exact) mass is 326 g/mol. The van der Waals surface area contributed by atoms with Gasteiger partial charge in [0.15, 0.2) is 0 Å². The van der Waals surface area contributed by atoms with E-state index in [0.29, 0.717) is 6.04 Å². The second-order valence-corrected chi connectivity index (χ2v) is 7.10. The average Bonchev–Trinajstić information content (AvgIpc) is 2.96.